The number of carbonyl (C=O) groups excluding carboxylic acids is 1. The van der Waals surface area contributed by atoms with Gasteiger partial charge in [-0.2, -0.15) is 0 Å². The van der Waals surface area contributed by atoms with Crippen molar-refractivity contribution in [2.75, 3.05) is 0 Å². The molecule has 1 atom stereocenters. The van der Waals surface area contributed by atoms with Gasteiger partial charge in [-0.15, -0.1) is 5.10 Å². The molecule has 5 nitrogen and oxygen atoms in total. The molecule has 0 aliphatic carbocycles. The smallest absolute Gasteiger partial charge is 0.220 e. The van der Waals surface area contributed by atoms with Crippen LogP contribution in [0.1, 0.15) is 18.1 Å². The molecule has 0 fully saturated rings. The highest BCUT2D eigenvalue weighted by molar-refractivity contribution is 7.09. The van der Waals surface area contributed by atoms with Gasteiger partial charge in [-0.05, 0) is 22.7 Å². The number of primary amides is 1. The van der Waals surface area contributed by atoms with Crippen molar-refractivity contribution in [1.29, 1.82) is 0 Å². The summed E-state index contributed by atoms with van der Waals surface area (Å²) in [5.41, 5.74) is 6.50. The standard InChI is InChI=1S/C11H10N3O2S/c12-11(16)5-9(15)7-1-3-8(4-2-7)10-6-13-14-17-10/h1-4,6,9H,5H2,(H2,12,16). The molecule has 2 rings (SSSR count). The van der Waals surface area contributed by atoms with Crippen molar-refractivity contribution >= 4 is 17.4 Å². The Morgan fingerprint density at radius 1 is 1.35 bits per heavy atom. The maximum Gasteiger partial charge on any atom is 0.220 e. The number of amides is 1. The topological polar surface area (TPSA) is 88.8 Å². The molecule has 0 aliphatic heterocycles. The molecule has 0 saturated carbocycles. The van der Waals surface area contributed by atoms with Gasteiger partial charge in [-0.3, -0.25) is 4.79 Å². The van der Waals surface area contributed by atoms with Crippen LogP contribution in [0.3, 0.4) is 0 Å². The molecule has 87 valence electrons. The van der Waals surface area contributed by atoms with Gasteiger partial charge in [-0.1, -0.05) is 28.8 Å². The highest BCUT2D eigenvalue weighted by Gasteiger charge is 2.12. The summed E-state index contributed by atoms with van der Waals surface area (Å²) < 4.78 is 3.76. The fourth-order valence-corrected chi connectivity index (χ4v) is 1.98. The van der Waals surface area contributed by atoms with Crippen LogP contribution < -0.4 is 5.73 Å². The minimum atomic E-state index is -1.10. The highest BCUT2D eigenvalue weighted by atomic mass is 32.1. The van der Waals surface area contributed by atoms with Gasteiger partial charge in [0.25, 0.3) is 0 Å². The third-order valence-electron chi connectivity index (χ3n) is 2.31. The summed E-state index contributed by atoms with van der Waals surface area (Å²) in [4.78, 5) is 11.6. The average Bonchev–Trinajstić information content (AvgIpc) is 2.82. The monoisotopic (exact) mass is 248 g/mol. The van der Waals surface area contributed by atoms with Crippen molar-refractivity contribution < 1.29 is 9.90 Å². The number of hydrogen-bond acceptors (Lipinski definition) is 4. The van der Waals surface area contributed by atoms with Crippen LogP contribution in [0.5, 0.6) is 0 Å². The number of rotatable bonds is 4. The van der Waals surface area contributed by atoms with Gasteiger partial charge < -0.3 is 5.73 Å². The number of nitrogens with two attached hydrogens (primary N) is 1. The lowest BCUT2D eigenvalue weighted by atomic mass is 10.0. The average molecular weight is 248 g/mol. The normalized spacial score (nSPS) is 12.3. The van der Waals surface area contributed by atoms with Gasteiger partial charge in [0.15, 0.2) is 0 Å². The van der Waals surface area contributed by atoms with Crippen molar-refractivity contribution in [1.82, 2.24) is 9.59 Å². The second kappa shape index (κ2) is 5.03. The van der Waals surface area contributed by atoms with Crippen LogP contribution in [0.15, 0.2) is 30.5 Å². The molecule has 1 unspecified atom stereocenters. The van der Waals surface area contributed by atoms with E-state index in [1.165, 1.54) is 11.5 Å². The van der Waals surface area contributed by atoms with Gasteiger partial charge >= 0.3 is 0 Å². The second-order valence-electron chi connectivity index (χ2n) is 3.56. The first-order valence-corrected chi connectivity index (χ1v) is 5.76. The molecule has 0 spiro atoms. The fraction of sp³-hybridized carbons (Fsp3) is 0.182. The largest absolute Gasteiger partial charge is 0.370 e. The summed E-state index contributed by atoms with van der Waals surface area (Å²) in [5.74, 6) is -0.583. The molecule has 6 heteroatoms. The summed E-state index contributed by atoms with van der Waals surface area (Å²) in [6, 6.07) is 7.04. The summed E-state index contributed by atoms with van der Waals surface area (Å²) in [5, 5.41) is 15.4. The summed E-state index contributed by atoms with van der Waals surface area (Å²) in [6.07, 6.45) is 0.389. The zero-order chi connectivity index (χ0) is 12.3. The van der Waals surface area contributed by atoms with Crippen molar-refractivity contribution in [3.05, 3.63) is 36.0 Å². The van der Waals surface area contributed by atoms with Crippen LogP contribution in [-0.4, -0.2) is 15.5 Å². The Balaban J connectivity index is 2.15. The summed E-state index contributed by atoms with van der Waals surface area (Å²) in [7, 11) is 0. The van der Waals surface area contributed by atoms with Crippen molar-refractivity contribution in [3.8, 4) is 10.4 Å². The second-order valence-corrected chi connectivity index (χ2v) is 4.35. The lowest BCUT2D eigenvalue weighted by Gasteiger charge is -2.06. The van der Waals surface area contributed by atoms with Gasteiger partial charge in [0.05, 0.1) is 17.5 Å². The van der Waals surface area contributed by atoms with Crippen LogP contribution in [0, 0.1) is 0 Å². The van der Waals surface area contributed by atoms with E-state index in [-0.39, 0.29) is 6.42 Å². The van der Waals surface area contributed by atoms with Gasteiger partial charge in [0, 0.05) is 0 Å². The quantitative estimate of drug-likeness (QED) is 0.890. The van der Waals surface area contributed by atoms with E-state index in [0.29, 0.717) is 5.56 Å². The first kappa shape index (κ1) is 11.7. The molecule has 2 aromatic rings. The minimum absolute atomic E-state index is 0.179. The Hall–Kier alpha value is -1.79. The van der Waals surface area contributed by atoms with E-state index in [1.54, 1.807) is 18.3 Å². The Kier molecular flexibility index (Phi) is 3.46. The first-order valence-electron chi connectivity index (χ1n) is 4.98. The molecule has 0 aliphatic rings. The van der Waals surface area contributed by atoms with Gasteiger partial charge in [0.2, 0.25) is 5.91 Å². The van der Waals surface area contributed by atoms with E-state index in [0.717, 1.165) is 10.4 Å². The maximum atomic E-state index is 11.6. The number of aromatic nitrogens is 2. The van der Waals surface area contributed by atoms with Crippen LogP contribution in [0.2, 0.25) is 0 Å². The van der Waals surface area contributed by atoms with E-state index in [2.05, 4.69) is 9.59 Å². The molecule has 1 aromatic carbocycles. The summed E-state index contributed by atoms with van der Waals surface area (Å²) >= 11 is 1.29. The molecule has 0 bridgehead atoms. The molecular formula is C11H10N3O2S. The van der Waals surface area contributed by atoms with E-state index in [1.807, 2.05) is 12.1 Å². The fourth-order valence-electron chi connectivity index (χ4n) is 1.46. The summed E-state index contributed by atoms with van der Waals surface area (Å²) in [6.45, 7) is 0. The van der Waals surface area contributed by atoms with Crippen LogP contribution in [0.4, 0.5) is 0 Å². The third-order valence-corrected chi connectivity index (χ3v) is 3.03. The molecule has 17 heavy (non-hydrogen) atoms. The van der Waals surface area contributed by atoms with E-state index in [4.69, 9.17) is 5.73 Å². The molecular weight excluding hydrogens is 238 g/mol. The van der Waals surface area contributed by atoms with Crippen molar-refractivity contribution in [2.45, 2.75) is 12.5 Å². The molecule has 1 radical (unpaired) electrons. The first-order chi connectivity index (χ1) is 8.16. The minimum Gasteiger partial charge on any atom is -0.370 e. The molecule has 1 amide bonds. The number of nitrogens with zero attached hydrogens (tertiary/aromatic N) is 2. The Labute approximate surface area is 102 Å². The van der Waals surface area contributed by atoms with Gasteiger partial charge in [-0.25, -0.2) is 5.11 Å². The Morgan fingerprint density at radius 3 is 2.59 bits per heavy atom. The number of benzene rings is 1. The highest BCUT2D eigenvalue weighted by Crippen LogP contribution is 2.24. The molecule has 0 saturated heterocycles. The van der Waals surface area contributed by atoms with Crippen molar-refractivity contribution in [2.24, 2.45) is 5.73 Å². The Bertz CT molecular complexity index is 496. The number of hydrogen-bond donors (Lipinski definition) is 1. The predicted octanol–water partition coefficient (Wildman–Crippen LogP) is 1.55. The van der Waals surface area contributed by atoms with Gasteiger partial charge in [0.1, 0.15) is 6.10 Å². The van der Waals surface area contributed by atoms with E-state index >= 15 is 0 Å². The molecule has 1 heterocycles. The third kappa shape index (κ3) is 2.86. The van der Waals surface area contributed by atoms with Crippen LogP contribution in [0.25, 0.3) is 10.4 Å². The Morgan fingerprint density at radius 2 is 2.06 bits per heavy atom. The molecule has 1 aromatic heterocycles. The molecule has 2 N–H and O–H groups in total. The zero-order valence-electron chi connectivity index (χ0n) is 8.87. The van der Waals surface area contributed by atoms with E-state index < -0.39 is 12.0 Å². The SMILES string of the molecule is NC(=O)CC([O])c1ccc(-c2cnns2)cc1. The maximum absolute atomic E-state index is 11.6. The van der Waals surface area contributed by atoms with Crippen LogP contribution >= 0.6 is 11.5 Å². The lowest BCUT2D eigenvalue weighted by molar-refractivity contribution is -0.120. The van der Waals surface area contributed by atoms with Crippen LogP contribution in [-0.2, 0) is 9.90 Å². The predicted molar refractivity (Wildman–Crippen MR) is 62.6 cm³/mol. The lowest BCUT2D eigenvalue weighted by Crippen LogP contribution is -2.14. The number of carbonyl (C=O) groups is 1. The zero-order valence-corrected chi connectivity index (χ0v) is 9.68. The van der Waals surface area contributed by atoms with E-state index in [9.17, 15) is 9.90 Å². The van der Waals surface area contributed by atoms with Crippen molar-refractivity contribution in [3.63, 3.8) is 0 Å².